The summed E-state index contributed by atoms with van der Waals surface area (Å²) in [5, 5.41) is 7.40. The lowest BCUT2D eigenvalue weighted by atomic mass is 10.0. The van der Waals surface area contributed by atoms with E-state index in [1.165, 1.54) is 7.11 Å². The monoisotopic (exact) mass is 535 g/mol. The van der Waals surface area contributed by atoms with Gasteiger partial charge in [0, 0.05) is 37.6 Å². The van der Waals surface area contributed by atoms with Gasteiger partial charge in [-0.15, -0.1) is 5.10 Å². The number of hydrogen-bond acceptors (Lipinski definition) is 7. The molecular weight excluding hydrogens is 503 g/mol. The third-order valence-corrected chi connectivity index (χ3v) is 6.62. The summed E-state index contributed by atoms with van der Waals surface area (Å²) < 4.78 is 51.9. The lowest BCUT2D eigenvalue weighted by molar-refractivity contribution is -0.136. The highest BCUT2D eigenvalue weighted by atomic mass is 19.4. The van der Waals surface area contributed by atoms with Crippen molar-refractivity contribution in [1.82, 2.24) is 34.8 Å². The van der Waals surface area contributed by atoms with Crippen LogP contribution in [0.1, 0.15) is 64.0 Å². The van der Waals surface area contributed by atoms with Crippen LogP contribution in [0.5, 0.6) is 11.8 Å². The average Bonchev–Trinajstić information content (AvgIpc) is 3.37. The van der Waals surface area contributed by atoms with Crippen molar-refractivity contribution >= 4 is 11.7 Å². The standard InChI is InChI=1S/C25H32F3N7O3/c1-4-34-16(2)17-14-19(22(37-3)30-15-17)20-32-23(21-29-11-12-35(21)33-20)38-13-7-5-6-8-18(31-24(34)36)9-10-25(26,27)28/h11-12,14-16,18H,4-10,13H2,1-3H3,(H,31,36)/t16-,18-/m1/s1. The fourth-order valence-electron chi connectivity index (χ4n) is 4.53. The number of urea groups is 1. The minimum atomic E-state index is -4.29. The second kappa shape index (κ2) is 11.8. The van der Waals surface area contributed by atoms with E-state index in [1.807, 2.05) is 13.8 Å². The van der Waals surface area contributed by atoms with Crippen molar-refractivity contribution in [1.29, 1.82) is 0 Å². The molecule has 2 atom stereocenters. The highest BCUT2D eigenvalue weighted by Crippen LogP contribution is 2.32. The number of pyridine rings is 1. The number of carbonyl (C=O) groups is 1. The number of halogens is 3. The number of nitrogens with zero attached hydrogens (tertiary/aromatic N) is 6. The Morgan fingerprint density at radius 1 is 1.24 bits per heavy atom. The molecule has 3 aromatic rings. The maximum Gasteiger partial charge on any atom is 0.389 e. The fourth-order valence-corrected chi connectivity index (χ4v) is 4.53. The van der Waals surface area contributed by atoms with Crippen molar-refractivity contribution < 1.29 is 27.4 Å². The maximum atomic E-state index is 13.2. The number of carbonyl (C=O) groups excluding carboxylic acids is 1. The summed E-state index contributed by atoms with van der Waals surface area (Å²) in [6.45, 7) is 4.34. The summed E-state index contributed by atoms with van der Waals surface area (Å²) in [4.78, 5) is 28.1. The smallest absolute Gasteiger partial charge is 0.389 e. The molecule has 4 heterocycles. The van der Waals surface area contributed by atoms with Crippen LogP contribution in [0.25, 0.3) is 17.0 Å². The van der Waals surface area contributed by atoms with Gasteiger partial charge in [0.15, 0.2) is 5.82 Å². The Labute approximate surface area is 218 Å². The number of methoxy groups -OCH3 is 1. The summed E-state index contributed by atoms with van der Waals surface area (Å²) >= 11 is 0. The Kier molecular flexibility index (Phi) is 8.52. The third kappa shape index (κ3) is 6.43. The number of alkyl halides is 3. The largest absolute Gasteiger partial charge is 0.480 e. The lowest BCUT2D eigenvalue weighted by Gasteiger charge is -2.31. The first kappa shape index (κ1) is 27.4. The fraction of sp³-hybridized carbons (Fsp3) is 0.560. The zero-order chi connectivity index (χ0) is 27.3. The second-order valence-corrected chi connectivity index (χ2v) is 9.22. The molecule has 0 spiro atoms. The van der Waals surface area contributed by atoms with Crippen molar-refractivity contribution in [3.8, 4) is 23.1 Å². The van der Waals surface area contributed by atoms with Crippen LogP contribution in [-0.4, -0.2) is 68.0 Å². The van der Waals surface area contributed by atoms with Gasteiger partial charge in [0.1, 0.15) is 0 Å². The zero-order valence-corrected chi connectivity index (χ0v) is 21.7. The molecule has 4 rings (SSSR count). The normalized spacial score (nSPS) is 19.5. The summed E-state index contributed by atoms with van der Waals surface area (Å²) in [5.74, 6) is 0.914. The molecule has 13 heteroatoms. The van der Waals surface area contributed by atoms with E-state index in [0.29, 0.717) is 73.2 Å². The van der Waals surface area contributed by atoms with E-state index in [0.717, 1.165) is 0 Å². The molecule has 3 aromatic heterocycles. The number of ether oxygens (including phenoxy) is 2. The van der Waals surface area contributed by atoms with Crippen molar-refractivity contribution in [2.75, 3.05) is 20.3 Å². The first-order valence-corrected chi connectivity index (χ1v) is 12.7. The van der Waals surface area contributed by atoms with Gasteiger partial charge in [-0.05, 0) is 51.2 Å². The number of fused-ring (bicyclic) bond motifs is 7. The van der Waals surface area contributed by atoms with Crippen LogP contribution in [0, 0.1) is 0 Å². The third-order valence-electron chi connectivity index (χ3n) is 6.62. The Morgan fingerprint density at radius 3 is 2.79 bits per heavy atom. The number of aromatic nitrogens is 5. The molecule has 1 aliphatic rings. The topological polar surface area (TPSA) is 107 Å². The number of amides is 2. The minimum absolute atomic E-state index is 0.175. The predicted molar refractivity (Wildman–Crippen MR) is 133 cm³/mol. The predicted octanol–water partition coefficient (Wildman–Crippen LogP) is 4.95. The number of hydrogen-bond donors (Lipinski definition) is 1. The van der Waals surface area contributed by atoms with Crippen LogP contribution >= 0.6 is 0 Å². The lowest BCUT2D eigenvalue weighted by Crippen LogP contribution is -2.46. The summed E-state index contributed by atoms with van der Waals surface area (Å²) in [7, 11) is 1.49. The van der Waals surface area contributed by atoms with Gasteiger partial charge in [-0.25, -0.2) is 19.3 Å². The van der Waals surface area contributed by atoms with E-state index in [-0.39, 0.29) is 6.42 Å². The van der Waals surface area contributed by atoms with Crippen molar-refractivity contribution in [3.63, 3.8) is 0 Å². The molecule has 4 bridgehead atoms. The summed E-state index contributed by atoms with van der Waals surface area (Å²) in [6, 6.07) is 0.337. The first-order valence-electron chi connectivity index (χ1n) is 12.7. The van der Waals surface area contributed by atoms with E-state index < -0.39 is 30.7 Å². The van der Waals surface area contributed by atoms with Crippen molar-refractivity contribution in [3.05, 3.63) is 30.2 Å². The molecule has 0 unspecified atom stereocenters. The van der Waals surface area contributed by atoms with Crippen LogP contribution < -0.4 is 14.8 Å². The highest BCUT2D eigenvalue weighted by molar-refractivity contribution is 5.75. The quantitative estimate of drug-likeness (QED) is 0.504. The van der Waals surface area contributed by atoms with Gasteiger partial charge < -0.3 is 19.7 Å². The van der Waals surface area contributed by atoms with Gasteiger partial charge in [-0.2, -0.15) is 18.2 Å². The second-order valence-electron chi connectivity index (χ2n) is 9.22. The SMILES string of the molecule is CCN1C(=O)N[C@@H](CCC(F)(F)F)CCCCCOc2nc(nn3ccnc23)-c2cc(cnc2OC)[C@H]1C. The molecule has 10 nitrogen and oxygen atoms in total. The van der Waals surface area contributed by atoms with Crippen LogP contribution in [0.3, 0.4) is 0 Å². The van der Waals surface area contributed by atoms with Gasteiger partial charge in [-0.1, -0.05) is 6.42 Å². The van der Waals surface area contributed by atoms with Crippen molar-refractivity contribution in [2.45, 2.75) is 70.6 Å². The summed E-state index contributed by atoms with van der Waals surface area (Å²) in [6.07, 6.45) is 1.92. The highest BCUT2D eigenvalue weighted by Gasteiger charge is 2.30. The molecule has 0 aliphatic carbocycles. The van der Waals surface area contributed by atoms with E-state index in [9.17, 15) is 18.0 Å². The van der Waals surface area contributed by atoms with E-state index >= 15 is 0 Å². The molecule has 1 aliphatic heterocycles. The molecule has 0 aromatic carbocycles. The zero-order valence-electron chi connectivity index (χ0n) is 21.7. The molecular formula is C25H32F3N7O3. The summed E-state index contributed by atoms with van der Waals surface area (Å²) in [5.41, 5.74) is 1.65. The van der Waals surface area contributed by atoms with Gasteiger partial charge in [0.05, 0.1) is 25.3 Å². The number of rotatable bonds is 4. The molecule has 0 saturated carbocycles. The van der Waals surface area contributed by atoms with Gasteiger partial charge in [0.25, 0.3) is 5.88 Å². The van der Waals surface area contributed by atoms with Crippen LogP contribution in [0.4, 0.5) is 18.0 Å². The first-order chi connectivity index (χ1) is 18.2. The Hall–Kier alpha value is -3.64. The molecule has 0 fully saturated rings. The van der Waals surface area contributed by atoms with E-state index in [1.54, 1.807) is 34.1 Å². The van der Waals surface area contributed by atoms with E-state index in [4.69, 9.17) is 9.47 Å². The molecule has 38 heavy (non-hydrogen) atoms. The van der Waals surface area contributed by atoms with Gasteiger partial charge in [0.2, 0.25) is 11.5 Å². The molecule has 0 radical (unpaired) electrons. The van der Waals surface area contributed by atoms with Crippen LogP contribution in [0.15, 0.2) is 24.7 Å². The molecule has 206 valence electrons. The van der Waals surface area contributed by atoms with Crippen LogP contribution in [-0.2, 0) is 0 Å². The van der Waals surface area contributed by atoms with Crippen LogP contribution in [0.2, 0.25) is 0 Å². The minimum Gasteiger partial charge on any atom is -0.480 e. The number of imidazole rings is 1. The number of nitrogens with one attached hydrogen (secondary N) is 1. The van der Waals surface area contributed by atoms with Gasteiger partial charge >= 0.3 is 12.2 Å². The Balaban J connectivity index is 1.72. The van der Waals surface area contributed by atoms with Gasteiger partial charge in [-0.3, -0.25) is 0 Å². The average molecular weight is 536 g/mol. The Bertz CT molecular complexity index is 1250. The molecule has 1 N–H and O–H groups in total. The van der Waals surface area contributed by atoms with Crippen molar-refractivity contribution in [2.24, 2.45) is 0 Å². The maximum absolute atomic E-state index is 13.2. The molecule has 0 saturated heterocycles. The Morgan fingerprint density at radius 2 is 2.05 bits per heavy atom. The van der Waals surface area contributed by atoms with E-state index in [2.05, 4.69) is 25.4 Å². The molecule has 2 amide bonds.